The molecule has 1 amide bonds. The molecule has 0 saturated heterocycles. The van der Waals surface area contributed by atoms with Crippen molar-refractivity contribution in [3.8, 4) is 17.0 Å². The minimum atomic E-state index is -0.00645. The average Bonchev–Trinajstić information content (AvgIpc) is 3.35. The van der Waals surface area contributed by atoms with Crippen molar-refractivity contribution >= 4 is 17.5 Å². The predicted molar refractivity (Wildman–Crippen MR) is 84.1 cm³/mol. The van der Waals surface area contributed by atoms with Crippen LogP contribution in [0.2, 0.25) is 0 Å². The van der Waals surface area contributed by atoms with E-state index in [-0.39, 0.29) is 11.8 Å². The zero-order valence-corrected chi connectivity index (χ0v) is 12.6. The molecule has 0 spiro atoms. The van der Waals surface area contributed by atoms with Gasteiger partial charge in [0.05, 0.1) is 7.11 Å². The van der Waals surface area contributed by atoms with Gasteiger partial charge in [-0.2, -0.15) is 4.98 Å². The van der Waals surface area contributed by atoms with Crippen LogP contribution < -0.4 is 10.1 Å². The molecule has 0 unspecified atom stereocenters. The van der Waals surface area contributed by atoms with Crippen LogP contribution in [0.15, 0.2) is 36.7 Å². The first-order chi connectivity index (χ1) is 11.2. The number of fused-ring (bicyclic) bond motifs is 1. The Balaban J connectivity index is 1.74. The molecule has 3 aromatic rings. The van der Waals surface area contributed by atoms with Crippen molar-refractivity contribution in [3.63, 3.8) is 0 Å². The number of nitrogens with one attached hydrogen (secondary N) is 1. The van der Waals surface area contributed by atoms with Gasteiger partial charge in [0, 0.05) is 29.9 Å². The number of pyridine rings is 2. The number of aromatic nitrogens is 4. The van der Waals surface area contributed by atoms with Crippen LogP contribution in [0.25, 0.3) is 16.8 Å². The fourth-order valence-corrected chi connectivity index (χ4v) is 2.43. The molecule has 0 atom stereocenters. The average molecular weight is 309 g/mol. The van der Waals surface area contributed by atoms with Crippen LogP contribution in [0, 0.1) is 5.92 Å². The lowest BCUT2D eigenvalue weighted by atomic mass is 10.1. The van der Waals surface area contributed by atoms with Crippen LogP contribution in [0.3, 0.4) is 0 Å². The number of methoxy groups -OCH3 is 1. The summed E-state index contributed by atoms with van der Waals surface area (Å²) >= 11 is 0. The lowest BCUT2D eigenvalue weighted by Gasteiger charge is -2.04. The highest BCUT2D eigenvalue weighted by Crippen LogP contribution is 2.30. The highest BCUT2D eigenvalue weighted by molar-refractivity contribution is 5.93. The predicted octanol–water partition coefficient (Wildman–Crippen LogP) is 2.15. The van der Waals surface area contributed by atoms with Crippen LogP contribution in [0.1, 0.15) is 12.8 Å². The number of carbonyl (C=O) groups is 1. The van der Waals surface area contributed by atoms with Gasteiger partial charge in [0.1, 0.15) is 0 Å². The maximum absolute atomic E-state index is 11.9. The second kappa shape index (κ2) is 5.35. The van der Waals surface area contributed by atoms with E-state index in [0.717, 1.165) is 24.0 Å². The van der Waals surface area contributed by atoms with Gasteiger partial charge in [-0.3, -0.25) is 10.1 Å². The molecule has 0 aromatic carbocycles. The standard InChI is InChI=1S/C16H15N5O2/c1-23-13-9-11(6-7-17-13)12-3-2-8-21-14(12)18-16(20-21)19-15(22)10-4-5-10/h2-3,6-10H,4-5H2,1H3,(H,19,20,22). The van der Waals surface area contributed by atoms with E-state index in [1.165, 1.54) is 0 Å². The monoisotopic (exact) mass is 309 g/mol. The van der Waals surface area contributed by atoms with Crippen molar-refractivity contribution in [2.24, 2.45) is 5.92 Å². The first kappa shape index (κ1) is 13.7. The number of hydrogen-bond acceptors (Lipinski definition) is 5. The number of hydrogen-bond donors (Lipinski definition) is 1. The van der Waals surface area contributed by atoms with Gasteiger partial charge in [-0.25, -0.2) is 9.50 Å². The van der Waals surface area contributed by atoms with Crippen LogP contribution in [-0.2, 0) is 4.79 Å². The first-order valence-electron chi connectivity index (χ1n) is 7.41. The number of ether oxygens (including phenoxy) is 1. The van der Waals surface area contributed by atoms with Gasteiger partial charge >= 0.3 is 0 Å². The lowest BCUT2D eigenvalue weighted by Crippen LogP contribution is -2.14. The van der Waals surface area contributed by atoms with Crippen molar-refractivity contribution in [2.75, 3.05) is 12.4 Å². The maximum Gasteiger partial charge on any atom is 0.249 e. The molecule has 7 nitrogen and oxygen atoms in total. The topological polar surface area (TPSA) is 81.4 Å². The molecule has 23 heavy (non-hydrogen) atoms. The van der Waals surface area contributed by atoms with Crippen LogP contribution in [-0.4, -0.2) is 32.6 Å². The van der Waals surface area contributed by atoms with E-state index in [9.17, 15) is 4.79 Å². The Morgan fingerprint density at radius 1 is 1.39 bits per heavy atom. The molecule has 1 aliphatic carbocycles. The number of amides is 1. The molecule has 0 radical (unpaired) electrons. The summed E-state index contributed by atoms with van der Waals surface area (Å²) < 4.78 is 6.83. The van der Waals surface area contributed by atoms with Gasteiger partial charge in [0.25, 0.3) is 0 Å². The molecule has 1 saturated carbocycles. The van der Waals surface area contributed by atoms with Gasteiger partial charge in [-0.1, -0.05) is 0 Å². The fourth-order valence-electron chi connectivity index (χ4n) is 2.43. The molecule has 3 heterocycles. The summed E-state index contributed by atoms with van der Waals surface area (Å²) in [7, 11) is 1.58. The summed E-state index contributed by atoms with van der Waals surface area (Å²) in [5, 5.41) is 7.09. The third-order valence-corrected chi connectivity index (χ3v) is 3.80. The van der Waals surface area contributed by atoms with Crippen molar-refractivity contribution < 1.29 is 9.53 Å². The minimum Gasteiger partial charge on any atom is -0.481 e. The molecule has 1 aliphatic rings. The van der Waals surface area contributed by atoms with Gasteiger partial charge in [-0.15, -0.1) is 5.10 Å². The fraction of sp³-hybridized carbons (Fsp3) is 0.250. The molecule has 0 aliphatic heterocycles. The maximum atomic E-state index is 11.9. The van der Waals surface area contributed by atoms with E-state index in [0.29, 0.717) is 17.5 Å². The molecule has 1 fully saturated rings. The summed E-state index contributed by atoms with van der Waals surface area (Å²) in [4.78, 5) is 20.4. The van der Waals surface area contributed by atoms with E-state index in [1.807, 2.05) is 24.3 Å². The quantitative estimate of drug-likeness (QED) is 0.798. The number of anilines is 1. The Morgan fingerprint density at radius 3 is 3.04 bits per heavy atom. The second-order valence-corrected chi connectivity index (χ2v) is 5.48. The molecule has 3 aromatic heterocycles. The van der Waals surface area contributed by atoms with Gasteiger partial charge in [-0.05, 0) is 36.6 Å². The van der Waals surface area contributed by atoms with Crippen LogP contribution >= 0.6 is 0 Å². The highest BCUT2D eigenvalue weighted by Gasteiger charge is 2.30. The minimum absolute atomic E-state index is 0.00645. The number of carbonyl (C=O) groups excluding carboxylic acids is 1. The van der Waals surface area contributed by atoms with Crippen LogP contribution in [0.5, 0.6) is 5.88 Å². The van der Waals surface area contributed by atoms with Crippen molar-refractivity contribution in [2.45, 2.75) is 12.8 Å². The SMILES string of the molecule is COc1cc(-c2cccn3nc(NC(=O)C4CC4)nc23)ccn1. The Morgan fingerprint density at radius 2 is 2.26 bits per heavy atom. The Bertz CT molecular complexity index is 885. The van der Waals surface area contributed by atoms with E-state index in [1.54, 1.807) is 24.0 Å². The second-order valence-electron chi connectivity index (χ2n) is 5.48. The Kier molecular flexibility index (Phi) is 3.18. The molecule has 0 bridgehead atoms. The van der Waals surface area contributed by atoms with E-state index in [2.05, 4.69) is 20.4 Å². The van der Waals surface area contributed by atoms with Crippen molar-refractivity contribution in [3.05, 3.63) is 36.7 Å². The zero-order chi connectivity index (χ0) is 15.8. The highest BCUT2D eigenvalue weighted by atomic mass is 16.5. The summed E-state index contributed by atoms with van der Waals surface area (Å²) in [5.74, 6) is 0.972. The summed E-state index contributed by atoms with van der Waals surface area (Å²) in [6, 6.07) is 7.56. The number of nitrogens with zero attached hydrogens (tertiary/aromatic N) is 4. The van der Waals surface area contributed by atoms with Gasteiger partial charge in [0.15, 0.2) is 5.65 Å². The Hall–Kier alpha value is -2.96. The third-order valence-electron chi connectivity index (χ3n) is 3.80. The molecule has 4 rings (SSSR count). The lowest BCUT2D eigenvalue weighted by molar-refractivity contribution is -0.117. The van der Waals surface area contributed by atoms with E-state index >= 15 is 0 Å². The van der Waals surface area contributed by atoms with Crippen molar-refractivity contribution in [1.82, 2.24) is 19.6 Å². The molecule has 7 heteroatoms. The summed E-state index contributed by atoms with van der Waals surface area (Å²) in [6.45, 7) is 0. The molecular weight excluding hydrogens is 294 g/mol. The summed E-state index contributed by atoms with van der Waals surface area (Å²) in [5.41, 5.74) is 2.49. The molecule has 1 N–H and O–H groups in total. The van der Waals surface area contributed by atoms with Crippen LogP contribution in [0.4, 0.5) is 5.95 Å². The normalized spacial score (nSPS) is 14.0. The zero-order valence-electron chi connectivity index (χ0n) is 12.6. The Labute approximate surface area is 132 Å². The third kappa shape index (κ3) is 2.61. The van der Waals surface area contributed by atoms with Gasteiger partial charge < -0.3 is 4.74 Å². The van der Waals surface area contributed by atoms with Gasteiger partial charge in [0.2, 0.25) is 17.7 Å². The van der Waals surface area contributed by atoms with Crippen molar-refractivity contribution in [1.29, 1.82) is 0 Å². The summed E-state index contributed by atoms with van der Waals surface area (Å²) in [6.07, 6.45) is 5.38. The molecular formula is C16H15N5O2. The smallest absolute Gasteiger partial charge is 0.249 e. The van der Waals surface area contributed by atoms with E-state index in [4.69, 9.17) is 4.74 Å². The van der Waals surface area contributed by atoms with E-state index < -0.39 is 0 Å². The number of rotatable bonds is 4. The first-order valence-corrected chi connectivity index (χ1v) is 7.41. The largest absolute Gasteiger partial charge is 0.481 e. The molecule has 116 valence electrons.